The fraction of sp³-hybridized carbons (Fsp3) is 0.850. The van der Waals surface area contributed by atoms with Gasteiger partial charge >= 0.3 is 5.97 Å². The summed E-state index contributed by atoms with van der Waals surface area (Å²) >= 11 is 0. The van der Waals surface area contributed by atoms with E-state index in [2.05, 4.69) is 67.7 Å². The molecule has 1 aliphatic carbocycles. The zero-order valence-electron chi connectivity index (χ0n) is 18.8. The molecule has 26 heavy (non-hydrogen) atoms. The fourth-order valence-electron chi connectivity index (χ4n) is 2.52. The number of hydrogen-bond donors (Lipinski definition) is 0. The van der Waals surface area contributed by atoms with Gasteiger partial charge < -0.3 is 13.6 Å². The topological polar surface area (TPSA) is 44.8 Å². The van der Waals surface area contributed by atoms with Crippen LogP contribution < -0.4 is 0 Å². The molecule has 0 radical (unpaired) electrons. The summed E-state index contributed by atoms with van der Waals surface area (Å²) in [7, 11) is -2.44. The van der Waals surface area contributed by atoms with Gasteiger partial charge in [0.1, 0.15) is 0 Å². The van der Waals surface area contributed by atoms with Crippen molar-refractivity contribution in [3.05, 3.63) is 11.6 Å². The Balaban J connectivity index is 3.06. The van der Waals surface area contributed by atoms with Gasteiger partial charge in [0, 0.05) is 6.42 Å². The van der Waals surface area contributed by atoms with E-state index in [9.17, 15) is 4.79 Å². The molecular formula is C20H40O4Si2. The Hall–Kier alpha value is -0.436. The summed E-state index contributed by atoms with van der Waals surface area (Å²) in [5.41, 5.74) is 0.660. The van der Waals surface area contributed by atoms with Crippen molar-refractivity contribution in [1.82, 2.24) is 0 Å². The molecule has 0 fully saturated rings. The molecule has 0 aromatic heterocycles. The Morgan fingerprint density at radius 3 is 1.85 bits per heavy atom. The van der Waals surface area contributed by atoms with Crippen LogP contribution in [0.25, 0.3) is 0 Å². The first kappa shape index (κ1) is 23.6. The predicted molar refractivity (Wildman–Crippen MR) is 113 cm³/mol. The fourth-order valence-corrected chi connectivity index (χ4v) is 5.19. The maximum atomic E-state index is 12.3. The molecule has 0 bridgehead atoms. The van der Waals surface area contributed by atoms with Gasteiger partial charge in [0.15, 0.2) is 16.6 Å². The molecule has 1 aliphatic rings. The molecule has 0 saturated heterocycles. The molecule has 1 rings (SSSR count). The monoisotopic (exact) mass is 400 g/mol. The number of esters is 1. The standard InChI is InChI=1S/C20H40O4Si2/c1-19(2,3)25(8,9)23-15-12-13-16(18(21)22-7)17(14-15)24-26(10,11)20(4,5)6/h13,15,17H,12,14H2,1-11H3/t15-,17+/m1/s1. The van der Waals surface area contributed by atoms with E-state index < -0.39 is 16.6 Å². The molecule has 0 aromatic carbocycles. The van der Waals surface area contributed by atoms with Gasteiger partial charge in [-0.25, -0.2) is 4.79 Å². The summed E-state index contributed by atoms with van der Waals surface area (Å²) in [6.45, 7) is 22.4. The van der Waals surface area contributed by atoms with Crippen molar-refractivity contribution in [2.24, 2.45) is 0 Å². The summed E-state index contributed by atoms with van der Waals surface area (Å²) in [6.07, 6.45) is 3.30. The van der Waals surface area contributed by atoms with Gasteiger partial charge in [-0.1, -0.05) is 47.6 Å². The van der Waals surface area contributed by atoms with Crippen LogP contribution in [0.1, 0.15) is 54.4 Å². The van der Waals surface area contributed by atoms with Crippen LogP contribution in [0.5, 0.6) is 0 Å². The van der Waals surface area contributed by atoms with Gasteiger partial charge in [-0.3, -0.25) is 0 Å². The van der Waals surface area contributed by atoms with E-state index in [4.69, 9.17) is 13.6 Å². The summed E-state index contributed by atoms with van der Waals surface area (Å²) < 4.78 is 18.2. The Bertz CT molecular complexity index is 539. The van der Waals surface area contributed by atoms with Gasteiger partial charge in [-0.15, -0.1) is 0 Å². The average Bonchev–Trinajstić information content (AvgIpc) is 2.43. The van der Waals surface area contributed by atoms with E-state index in [1.54, 1.807) is 0 Å². The molecule has 152 valence electrons. The smallest absolute Gasteiger partial charge is 0.336 e. The van der Waals surface area contributed by atoms with Crippen LogP contribution >= 0.6 is 0 Å². The van der Waals surface area contributed by atoms with Crippen LogP contribution in [-0.2, 0) is 18.4 Å². The van der Waals surface area contributed by atoms with Crippen LogP contribution in [0.4, 0.5) is 0 Å². The van der Waals surface area contributed by atoms with Crippen LogP contribution in [0.15, 0.2) is 11.6 Å². The first-order valence-corrected chi connectivity index (χ1v) is 15.5. The normalized spacial score (nSPS) is 22.8. The van der Waals surface area contributed by atoms with Crippen molar-refractivity contribution in [2.75, 3.05) is 7.11 Å². The molecule has 4 nitrogen and oxygen atoms in total. The Kier molecular flexibility index (Phi) is 7.17. The van der Waals surface area contributed by atoms with E-state index in [0.29, 0.717) is 5.57 Å². The number of ether oxygens (including phenoxy) is 1. The number of methoxy groups -OCH3 is 1. The van der Waals surface area contributed by atoms with Crippen molar-refractivity contribution >= 4 is 22.6 Å². The Labute approximate surface area is 162 Å². The molecule has 0 heterocycles. The molecule has 0 aliphatic heterocycles. The third kappa shape index (κ3) is 5.53. The van der Waals surface area contributed by atoms with E-state index >= 15 is 0 Å². The maximum absolute atomic E-state index is 12.3. The van der Waals surface area contributed by atoms with Gasteiger partial charge in [-0.2, -0.15) is 0 Å². The molecule has 0 spiro atoms. The highest BCUT2D eigenvalue weighted by Crippen LogP contribution is 2.42. The molecule has 0 N–H and O–H groups in total. The highest BCUT2D eigenvalue weighted by Gasteiger charge is 2.44. The second-order valence-electron chi connectivity index (χ2n) is 10.5. The average molecular weight is 401 g/mol. The van der Waals surface area contributed by atoms with Crippen LogP contribution in [0, 0.1) is 0 Å². The number of carbonyl (C=O) groups excluding carboxylic acids is 1. The van der Waals surface area contributed by atoms with Crippen LogP contribution in [0.3, 0.4) is 0 Å². The zero-order valence-corrected chi connectivity index (χ0v) is 20.8. The lowest BCUT2D eigenvalue weighted by molar-refractivity contribution is -0.137. The predicted octanol–water partition coefficient (Wildman–Crippen LogP) is 5.66. The van der Waals surface area contributed by atoms with Crippen molar-refractivity contribution in [1.29, 1.82) is 0 Å². The minimum atomic E-state index is -2.01. The van der Waals surface area contributed by atoms with E-state index in [-0.39, 0.29) is 28.3 Å². The number of carbonyl (C=O) groups is 1. The van der Waals surface area contributed by atoms with Crippen LogP contribution in [-0.4, -0.2) is 41.9 Å². The first-order valence-electron chi connectivity index (χ1n) is 9.66. The van der Waals surface area contributed by atoms with Crippen molar-refractivity contribution in [3.8, 4) is 0 Å². The summed E-state index contributed by atoms with van der Waals surface area (Å²) in [6, 6.07) is 0. The summed E-state index contributed by atoms with van der Waals surface area (Å²) in [5, 5.41) is 0.247. The lowest BCUT2D eigenvalue weighted by Crippen LogP contribution is -2.49. The van der Waals surface area contributed by atoms with Gasteiger partial charge in [0.25, 0.3) is 0 Å². The Morgan fingerprint density at radius 2 is 1.42 bits per heavy atom. The minimum Gasteiger partial charge on any atom is -0.466 e. The maximum Gasteiger partial charge on any atom is 0.336 e. The molecule has 2 atom stereocenters. The third-order valence-electron chi connectivity index (χ3n) is 6.36. The van der Waals surface area contributed by atoms with Crippen molar-refractivity contribution in [2.45, 2.75) is 103 Å². The van der Waals surface area contributed by atoms with E-state index in [1.165, 1.54) is 7.11 Å². The summed E-state index contributed by atoms with van der Waals surface area (Å²) in [4.78, 5) is 12.3. The molecular weight excluding hydrogens is 360 g/mol. The second-order valence-corrected chi connectivity index (χ2v) is 20.0. The highest BCUT2D eigenvalue weighted by atomic mass is 28.4. The molecule has 0 amide bonds. The lowest BCUT2D eigenvalue weighted by atomic mass is 9.94. The largest absolute Gasteiger partial charge is 0.466 e. The van der Waals surface area contributed by atoms with E-state index in [0.717, 1.165) is 12.8 Å². The third-order valence-corrected chi connectivity index (χ3v) is 15.4. The molecule has 0 unspecified atom stereocenters. The van der Waals surface area contributed by atoms with E-state index in [1.807, 2.05) is 6.08 Å². The molecule has 0 saturated carbocycles. The lowest BCUT2D eigenvalue weighted by Gasteiger charge is -2.44. The quantitative estimate of drug-likeness (QED) is 0.441. The van der Waals surface area contributed by atoms with Crippen molar-refractivity contribution < 1.29 is 18.4 Å². The van der Waals surface area contributed by atoms with Gasteiger partial charge in [0.05, 0.1) is 24.9 Å². The second kappa shape index (κ2) is 7.90. The van der Waals surface area contributed by atoms with Crippen molar-refractivity contribution in [3.63, 3.8) is 0 Å². The summed E-state index contributed by atoms with van der Waals surface area (Å²) in [5.74, 6) is -0.278. The number of rotatable bonds is 5. The molecule has 6 heteroatoms. The highest BCUT2D eigenvalue weighted by molar-refractivity contribution is 6.74. The zero-order chi connectivity index (χ0) is 20.6. The van der Waals surface area contributed by atoms with Gasteiger partial charge in [0.2, 0.25) is 0 Å². The van der Waals surface area contributed by atoms with Crippen LogP contribution in [0.2, 0.25) is 36.3 Å². The van der Waals surface area contributed by atoms with Gasteiger partial charge in [-0.05, 0) is 42.7 Å². The SMILES string of the molecule is COC(=O)C1=CC[C@@H](O[Si](C)(C)C(C)(C)C)C[C@@H]1O[Si](C)(C)C(C)(C)C. The molecule has 0 aromatic rings. The Morgan fingerprint density at radius 1 is 0.962 bits per heavy atom. The minimum absolute atomic E-state index is 0.0848. The first-order chi connectivity index (χ1) is 11.5. The number of hydrogen-bond acceptors (Lipinski definition) is 4.